The maximum atomic E-state index is 12.1. The zero-order valence-corrected chi connectivity index (χ0v) is 10.9. The fraction of sp³-hybridized carbons (Fsp3) is 0.429. The molecule has 2 rings (SSSR count). The summed E-state index contributed by atoms with van der Waals surface area (Å²) < 4.78 is 10.2. The van der Waals surface area contributed by atoms with Crippen molar-refractivity contribution in [2.24, 2.45) is 0 Å². The van der Waals surface area contributed by atoms with Crippen LogP contribution in [0.4, 0.5) is 0 Å². The molecule has 19 heavy (non-hydrogen) atoms. The minimum Gasteiger partial charge on any atom is -0.478 e. The first kappa shape index (κ1) is 13.5. The number of ketones is 1. The predicted octanol–water partition coefficient (Wildman–Crippen LogP) is 1.33. The predicted molar refractivity (Wildman–Crippen MR) is 67.1 cm³/mol. The number of rotatable bonds is 4. The summed E-state index contributed by atoms with van der Waals surface area (Å²) in [6.45, 7) is 3.31. The van der Waals surface area contributed by atoms with Crippen LogP contribution in [0.5, 0.6) is 5.75 Å². The van der Waals surface area contributed by atoms with Gasteiger partial charge in [0.2, 0.25) is 5.78 Å². The highest BCUT2D eigenvalue weighted by atomic mass is 16.5. The zero-order chi connectivity index (χ0) is 14.0. The molecule has 2 atom stereocenters. The summed E-state index contributed by atoms with van der Waals surface area (Å²) in [6, 6.07) is 6.77. The van der Waals surface area contributed by atoms with Crippen molar-refractivity contribution < 1.29 is 24.2 Å². The molecular weight excluding hydrogens is 248 g/mol. The highest BCUT2D eigenvalue weighted by Crippen LogP contribution is 2.34. The van der Waals surface area contributed by atoms with Gasteiger partial charge in [-0.1, -0.05) is 12.1 Å². The summed E-state index contributed by atoms with van der Waals surface area (Å²) in [5.41, 5.74) is -1.17. The second-order valence-electron chi connectivity index (χ2n) is 4.70. The Morgan fingerprint density at radius 1 is 1.47 bits per heavy atom. The molecule has 5 heteroatoms. The summed E-state index contributed by atoms with van der Waals surface area (Å²) >= 11 is 0. The van der Waals surface area contributed by atoms with E-state index < -0.39 is 17.7 Å². The van der Waals surface area contributed by atoms with Crippen LogP contribution in [-0.2, 0) is 9.53 Å². The van der Waals surface area contributed by atoms with Crippen LogP contribution < -0.4 is 4.74 Å². The fourth-order valence-electron chi connectivity index (χ4n) is 2.10. The van der Waals surface area contributed by atoms with Gasteiger partial charge in [0, 0.05) is 0 Å². The summed E-state index contributed by atoms with van der Waals surface area (Å²) in [6.07, 6.45) is -1.36. The minimum atomic E-state index is -1.59. The van der Waals surface area contributed by atoms with Gasteiger partial charge < -0.3 is 14.6 Å². The summed E-state index contributed by atoms with van der Waals surface area (Å²) in [4.78, 5) is 23.6. The Labute approximate surface area is 111 Å². The highest BCUT2D eigenvalue weighted by Gasteiger charge is 2.46. The van der Waals surface area contributed by atoms with Crippen LogP contribution in [0, 0.1) is 0 Å². The SMILES string of the molecule is CCOC(=O)CC(C)(O)C1Oc2ccccc2C1=O. The lowest BCUT2D eigenvalue weighted by atomic mass is 9.91. The van der Waals surface area contributed by atoms with Crippen LogP contribution >= 0.6 is 0 Å². The second kappa shape index (κ2) is 5.01. The van der Waals surface area contributed by atoms with Crippen molar-refractivity contribution in [1.29, 1.82) is 0 Å². The van der Waals surface area contributed by atoms with Gasteiger partial charge in [-0.3, -0.25) is 9.59 Å². The molecule has 5 nitrogen and oxygen atoms in total. The van der Waals surface area contributed by atoms with Crippen LogP contribution in [-0.4, -0.2) is 35.2 Å². The molecule has 0 bridgehead atoms. The summed E-state index contributed by atoms with van der Waals surface area (Å²) in [5.74, 6) is -0.439. The lowest BCUT2D eigenvalue weighted by molar-refractivity contribution is -0.150. The first-order chi connectivity index (χ1) is 8.95. The molecule has 0 aromatic heterocycles. The van der Waals surface area contributed by atoms with E-state index in [0.717, 1.165) is 0 Å². The Kier molecular flexibility index (Phi) is 3.57. The quantitative estimate of drug-likeness (QED) is 0.831. The molecule has 1 heterocycles. The van der Waals surface area contributed by atoms with Crippen molar-refractivity contribution in [3.63, 3.8) is 0 Å². The smallest absolute Gasteiger partial charge is 0.308 e. The molecule has 1 aliphatic rings. The molecule has 102 valence electrons. The fourth-order valence-corrected chi connectivity index (χ4v) is 2.10. The van der Waals surface area contributed by atoms with E-state index in [9.17, 15) is 14.7 Å². The molecule has 1 aromatic rings. The topological polar surface area (TPSA) is 72.8 Å². The average Bonchev–Trinajstić information content (AvgIpc) is 2.68. The highest BCUT2D eigenvalue weighted by molar-refractivity contribution is 6.05. The number of fused-ring (bicyclic) bond motifs is 1. The van der Waals surface area contributed by atoms with Crippen molar-refractivity contribution in [3.05, 3.63) is 29.8 Å². The number of carbonyl (C=O) groups is 2. The number of Topliss-reactive ketones (excluding diaryl/α,β-unsaturated/α-hetero) is 1. The maximum Gasteiger partial charge on any atom is 0.308 e. The van der Waals surface area contributed by atoms with Crippen molar-refractivity contribution in [1.82, 2.24) is 0 Å². The third-order valence-electron chi connectivity index (χ3n) is 3.01. The van der Waals surface area contributed by atoms with Gasteiger partial charge in [-0.2, -0.15) is 0 Å². The van der Waals surface area contributed by atoms with E-state index in [1.54, 1.807) is 31.2 Å². The lowest BCUT2D eigenvalue weighted by Crippen LogP contribution is -2.47. The number of hydrogen-bond acceptors (Lipinski definition) is 5. The Hall–Kier alpha value is -1.88. The third-order valence-corrected chi connectivity index (χ3v) is 3.01. The van der Waals surface area contributed by atoms with Gasteiger partial charge in [0.25, 0.3) is 0 Å². The van der Waals surface area contributed by atoms with Gasteiger partial charge in [0.15, 0.2) is 6.10 Å². The van der Waals surface area contributed by atoms with Gasteiger partial charge in [-0.15, -0.1) is 0 Å². The normalized spacial score (nSPS) is 20.4. The number of esters is 1. The molecule has 2 unspecified atom stereocenters. The van der Waals surface area contributed by atoms with Crippen molar-refractivity contribution >= 4 is 11.8 Å². The van der Waals surface area contributed by atoms with Crippen LogP contribution in [0.1, 0.15) is 30.6 Å². The monoisotopic (exact) mass is 264 g/mol. The average molecular weight is 264 g/mol. The van der Waals surface area contributed by atoms with E-state index in [1.807, 2.05) is 0 Å². The maximum absolute atomic E-state index is 12.1. The Morgan fingerprint density at radius 3 is 2.79 bits per heavy atom. The molecule has 0 saturated heterocycles. The van der Waals surface area contributed by atoms with Gasteiger partial charge in [0.05, 0.1) is 18.6 Å². The largest absolute Gasteiger partial charge is 0.478 e. The first-order valence-electron chi connectivity index (χ1n) is 6.13. The number of ether oxygens (including phenoxy) is 2. The van der Waals surface area contributed by atoms with Crippen LogP contribution in [0.15, 0.2) is 24.3 Å². The van der Waals surface area contributed by atoms with E-state index in [4.69, 9.17) is 9.47 Å². The number of carbonyl (C=O) groups excluding carboxylic acids is 2. The van der Waals surface area contributed by atoms with Crippen molar-refractivity contribution in [3.8, 4) is 5.75 Å². The molecule has 1 aliphatic heterocycles. The molecule has 0 amide bonds. The molecule has 1 aromatic carbocycles. The molecule has 0 spiro atoms. The molecule has 1 N–H and O–H groups in total. The standard InChI is InChI=1S/C14H16O5/c1-3-18-11(15)8-14(2,17)13-12(16)9-6-4-5-7-10(9)19-13/h4-7,13,17H,3,8H2,1-2H3. The van der Waals surface area contributed by atoms with Gasteiger partial charge in [-0.05, 0) is 26.0 Å². The summed E-state index contributed by atoms with van der Waals surface area (Å²) in [5, 5.41) is 10.3. The lowest BCUT2D eigenvalue weighted by Gasteiger charge is -2.27. The van der Waals surface area contributed by atoms with Crippen LogP contribution in [0.25, 0.3) is 0 Å². The molecule has 0 fully saturated rings. The van der Waals surface area contributed by atoms with E-state index >= 15 is 0 Å². The van der Waals surface area contributed by atoms with E-state index in [2.05, 4.69) is 0 Å². The van der Waals surface area contributed by atoms with Crippen LogP contribution in [0.3, 0.4) is 0 Å². The van der Waals surface area contributed by atoms with E-state index in [-0.39, 0.29) is 18.8 Å². The zero-order valence-electron chi connectivity index (χ0n) is 10.9. The van der Waals surface area contributed by atoms with Gasteiger partial charge in [-0.25, -0.2) is 0 Å². The first-order valence-corrected chi connectivity index (χ1v) is 6.13. The molecule has 0 radical (unpaired) electrons. The number of aliphatic hydroxyl groups is 1. The van der Waals surface area contributed by atoms with Crippen molar-refractivity contribution in [2.45, 2.75) is 32.0 Å². The Bertz CT molecular complexity index is 506. The van der Waals surface area contributed by atoms with E-state index in [0.29, 0.717) is 11.3 Å². The second-order valence-corrected chi connectivity index (χ2v) is 4.70. The molecule has 0 aliphatic carbocycles. The minimum absolute atomic E-state index is 0.231. The van der Waals surface area contributed by atoms with Crippen LogP contribution in [0.2, 0.25) is 0 Å². The van der Waals surface area contributed by atoms with E-state index in [1.165, 1.54) is 6.92 Å². The van der Waals surface area contributed by atoms with Crippen molar-refractivity contribution in [2.75, 3.05) is 6.61 Å². The number of benzene rings is 1. The third kappa shape index (κ3) is 2.61. The Morgan fingerprint density at radius 2 is 2.16 bits per heavy atom. The Balaban J connectivity index is 2.16. The van der Waals surface area contributed by atoms with Gasteiger partial charge >= 0.3 is 5.97 Å². The number of hydrogen-bond donors (Lipinski definition) is 1. The summed E-state index contributed by atoms with van der Waals surface area (Å²) in [7, 11) is 0. The molecular formula is C14H16O5. The van der Waals surface area contributed by atoms with Gasteiger partial charge in [0.1, 0.15) is 11.4 Å². The molecule has 0 saturated carbocycles. The number of para-hydroxylation sites is 1.